The van der Waals surface area contributed by atoms with E-state index in [9.17, 15) is 0 Å². The lowest BCUT2D eigenvalue weighted by molar-refractivity contribution is 0.291. The van der Waals surface area contributed by atoms with Gasteiger partial charge in [0.25, 0.3) is 0 Å². The standard InChI is InChI=1S/C16H32OS/c1-3-5-7-8-9-10-11-13-15-17-16(18)14-12-6-4-2/h3-15H2,1-2H3. The maximum Gasteiger partial charge on any atom is 0.159 e. The lowest BCUT2D eigenvalue weighted by Gasteiger charge is -2.07. The predicted octanol–water partition coefficient (Wildman–Crippen LogP) is 6.05. The minimum absolute atomic E-state index is 0.825. The molecule has 0 aliphatic rings. The second-order valence-electron chi connectivity index (χ2n) is 5.15. The Balaban J connectivity index is 3.08. The molecule has 0 aromatic rings. The van der Waals surface area contributed by atoms with E-state index >= 15 is 0 Å². The predicted molar refractivity (Wildman–Crippen MR) is 85.3 cm³/mol. The first-order valence-electron chi connectivity index (χ1n) is 7.96. The van der Waals surface area contributed by atoms with Gasteiger partial charge in [-0.05, 0) is 25.1 Å². The minimum Gasteiger partial charge on any atom is -0.487 e. The van der Waals surface area contributed by atoms with Gasteiger partial charge in [-0.15, -0.1) is 0 Å². The zero-order valence-corrected chi connectivity index (χ0v) is 13.3. The zero-order chi connectivity index (χ0) is 13.5. The third kappa shape index (κ3) is 14.0. The van der Waals surface area contributed by atoms with Crippen LogP contribution in [-0.2, 0) is 4.74 Å². The fourth-order valence-corrected chi connectivity index (χ4v) is 2.24. The highest BCUT2D eigenvalue weighted by Crippen LogP contribution is 2.09. The summed E-state index contributed by atoms with van der Waals surface area (Å²) >= 11 is 5.19. The molecule has 0 heterocycles. The Bertz CT molecular complexity index is 180. The van der Waals surface area contributed by atoms with Crippen LogP contribution in [0.1, 0.15) is 90.9 Å². The van der Waals surface area contributed by atoms with Gasteiger partial charge in [0.15, 0.2) is 5.05 Å². The molecule has 108 valence electrons. The Kier molecular flexibility index (Phi) is 14.9. The molecule has 0 bridgehead atoms. The zero-order valence-electron chi connectivity index (χ0n) is 12.5. The Morgan fingerprint density at radius 1 is 0.722 bits per heavy atom. The van der Waals surface area contributed by atoms with Crippen molar-refractivity contribution in [2.75, 3.05) is 6.61 Å². The average Bonchev–Trinajstić information content (AvgIpc) is 2.37. The summed E-state index contributed by atoms with van der Waals surface area (Å²) in [5.41, 5.74) is 0. The van der Waals surface area contributed by atoms with Crippen LogP contribution in [-0.4, -0.2) is 11.7 Å². The molecule has 0 aliphatic heterocycles. The molecule has 18 heavy (non-hydrogen) atoms. The molecule has 0 saturated heterocycles. The summed E-state index contributed by atoms with van der Waals surface area (Å²) < 4.78 is 5.57. The molecule has 0 N–H and O–H groups in total. The van der Waals surface area contributed by atoms with E-state index in [0.717, 1.165) is 18.1 Å². The Labute approximate surface area is 120 Å². The van der Waals surface area contributed by atoms with E-state index in [0.29, 0.717) is 0 Å². The third-order valence-electron chi connectivity index (χ3n) is 3.25. The molecule has 0 fully saturated rings. The first kappa shape index (κ1) is 17.9. The molecule has 0 rings (SSSR count). The number of thiocarbonyl (C=S) groups is 1. The topological polar surface area (TPSA) is 9.23 Å². The molecular weight excluding hydrogens is 240 g/mol. The summed E-state index contributed by atoms with van der Waals surface area (Å²) in [7, 11) is 0. The number of hydrogen-bond acceptors (Lipinski definition) is 2. The Hall–Kier alpha value is -0.110. The van der Waals surface area contributed by atoms with Crippen LogP contribution in [0.4, 0.5) is 0 Å². The van der Waals surface area contributed by atoms with E-state index in [-0.39, 0.29) is 0 Å². The maximum absolute atomic E-state index is 5.57. The van der Waals surface area contributed by atoms with Gasteiger partial charge in [-0.25, -0.2) is 0 Å². The first-order valence-corrected chi connectivity index (χ1v) is 8.37. The summed E-state index contributed by atoms with van der Waals surface area (Å²) in [6, 6.07) is 0. The van der Waals surface area contributed by atoms with Crippen molar-refractivity contribution in [3.05, 3.63) is 0 Å². The molecule has 0 atom stereocenters. The van der Waals surface area contributed by atoms with Crippen molar-refractivity contribution in [3.63, 3.8) is 0 Å². The monoisotopic (exact) mass is 272 g/mol. The van der Waals surface area contributed by atoms with Crippen LogP contribution in [0.15, 0.2) is 0 Å². The van der Waals surface area contributed by atoms with Gasteiger partial charge in [-0.2, -0.15) is 0 Å². The van der Waals surface area contributed by atoms with Crippen molar-refractivity contribution in [2.24, 2.45) is 0 Å². The van der Waals surface area contributed by atoms with Crippen molar-refractivity contribution >= 4 is 17.3 Å². The summed E-state index contributed by atoms with van der Waals surface area (Å²) in [5.74, 6) is 0. The van der Waals surface area contributed by atoms with Gasteiger partial charge in [0.1, 0.15) is 0 Å². The summed E-state index contributed by atoms with van der Waals surface area (Å²) in [6.45, 7) is 5.31. The largest absolute Gasteiger partial charge is 0.487 e. The van der Waals surface area contributed by atoms with E-state index < -0.39 is 0 Å². The van der Waals surface area contributed by atoms with E-state index in [2.05, 4.69) is 13.8 Å². The smallest absolute Gasteiger partial charge is 0.159 e. The van der Waals surface area contributed by atoms with Gasteiger partial charge in [0.05, 0.1) is 6.61 Å². The number of rotatable bonds is 13. The van der Waals surface area contributed by atoms with Crippen molar-refractivity contribution in [1.29, 1.82) is 0 Å². The summed E-state index contributed by atoms with van der Waals surface area (Å²) in [4.78, 5) is 0. The average molecular weight is 272 g/mol. The molecule has 0 aromatic carbocycles. The van der Waals surface area contributed by atoms with E-state index in [4.69, 9.17) is 17.0 Å². The van der Waals surface area contributed by atoms with Gasteiger partial charge in [-0.3, -0.25) is 0 Å². The first-order chi connectivity index (χ1) is 8.81. The Morgan fingerprint density at radius 2 is 1.22 bits per heavy atom. The van der Waals surface area contributed by atoms with Crippen LogP contribution >= 0.6 is 12.2 Å². The van der Waals surface area contributed by atoms with Crippen LogP contribution in [0, 0.1) is 0 Å². The van der Waals surface area contributed by atoms with Crippen molar-refractivity contribution in [3.8, 4) is 0 Å². The van der Waals surface area contributed by atoms with Gasteiger partial charge in [0, 0.05) is 6.42 Å². The molecule has 2 heteroatoms. The lowest BCUT2D eigenvalue weighted by atomic mass is 10.1. The fourth-order valence-electron chi connectivity index (χ4n) is 2.01. The van der Waals surface area contributed by atoms with Gasteiger partial charge >= 0.3 is 0 Å². The van der Waals surface area contributed by atoms with Crippen molar-refractivity contribution in [1.82, 2.24) is 0 Å². The number of unbranched alkanes of at least 4 members (excludes halogenated alkanes) is 9. The highest BCUT2D eigenvalue weighted by molar-refractivity contribution is 7.80. The van der Waals surface area contributed by atoms with Crippen LogP contribution in [0.2, 0.25) is 0 Å². The third-order valence-corrected chi connectivity index (χ3v) is 3.57. The van der Waals surface area contributed by atoms with Gasteiger partial charge < -0.3 is 4.74 Å². The van der Waals surface area contributed by atoms with Crippen molar-refractivity contribution in [2.45, 2.75) is 90.9 Å². The molecule has 0 amide bonds. The minimum atomic E-state index is 0.825. The molecule has 1 nitrogen and oxygen atoms in total. The molecule has 0 radical (unpaired) electrons. The summed E-state index contributed by atoms with van der Waals surface area (Å²) in [6.07, 6.45) is 15.4. The molecule has 0 spiro atoms. The molecular formula is C16H32OS. The fraction of sp³-hybridized carbons (Fsp3) is 0.938. The SMILES string of the molecule is CCCCCCCCCCOC(=S)CCCCC. The van der Waals surface area contributed by atoms with Crippen LogP contribution in [0.3, 0.4) is 0 Å². The van der Waals surface area contributed by atoms with Crippen molar-refractivity contribution < 1.29 is 4.74 Å². The van der Waals surface area contributed by atoms with Gasteiger partial charge in [-0.1, -0.05) is 71.6 Å². The van der Waals surface area contributed by atoms with E-state index in [1.54, 1.807) is 0 Å². The van der Waals surface area contributed by atoms with E-state index in [1.165, 1.54) is 70.6 Å². The maximum atomic E-state index is 5.57. The van der Waals surface area contributed by atoms with Crippen LogP contribution in [0.5, 0.6) is 0 Å². The lowest BCUT2D eigenvalue weighted by Crippen LogP contribution is -2.03. The Morgan fingerprint density at radius 3 is 1.83 bits per heavy atom. The normalized spacial score (nSPS) is 10.6. The highest BCUT2D eigenvalue weighted by atomic mass is 32.1. The molecule has 0 unspecified atom stereocenters. The number of ether oxygens (including phenoxy) is 1. The number of hydrogen-bond donors (Lipinski definition) is 0. The van der Waals surface area contributed by atoms with Crippen LogP contribution < -0.4 is 0 Å². The second kappa shape index (κ2) is 14.9. The van der Waals surface area contributed by atoms with Crippen LogP contribution in [0.25, 0.3) is 0 Å². The van der Waals surface area contributed by atoms with Gasteiger partial charge in [0.2, 0.25) is 0 Å². The molecule has 0 aliphatic carbocycles. The highest BCUT2D eigenvalue weighted by Gasteiger charge is 1.97. The quantitative estimate of drug-likeness (QED) is 0.298. The second-order valence-corrected chi connectivity index (χ2v) is 5.61. The van der Waals surface area contributed by atoms with E-state index in [1.807, 2.05) is 0 Å². The summed E-state index contributed by atoms with van der Waals surface area (Å²) in [5, 5.41) is 0.825. The molecule has 0 aromatic heterocycles. The molecule has 0 saturated carbocycles.